The van der Waals surface area contributed by atoms with E-state index < -0.39 is 5.60 Å². The van der Waals surface area contributed by atoms with E-state index in [9.17, 15) is 4.79 Å². The van der Waals surface area contributed by atoms with Gasteiger partial charge in [-0.25, -0.2) is 4.79 Å². The lowest BCUT2D eigenvalue weighted by molar-refractivity contribution is 0.0127. The van der Waals surface area contributed by atoms with Crippen LogP contribution < -0.4 is 0 Å². The van der Waals surface area contributed by atoms with E-state index in [1.54, 1.807) is 0 Å². The Kier molecular flexibility index (Phi) is 5.03. The third kappa shape index (κ3) is 4.03. The Morgan fingerprint density at radius 3 is 2.83 bits per heavy atom. The maximum absolute atomic E-state index is 12.5. The molecule has 0 bridgehead atoms. The second kappa shape index (κ2) is 7.04. The number of carbonyl (C=O) groups excluding carboxylic acids is 1. The smallest absolute Gasteiger partial charge is 0.410 e. The van der Waals surface area contributed by atoms with E-state index in [2.05, 4.69) is 25.5 Å². The van der Waals surface area contributed by atoms with E-state index in [0.717, 1.165) is 57.6 Å². The molecular weight excluding hydrogens is 308 g/mol. The number of aromatic nitrogens is 4. The number of amides is 1. The van der Waals surface area contributed by atoms with Gasteiger partial charge in [0, 0.05) is 19.0 Å². The van der Waals surface area contributed by atoms with Crippen LogP contribution in [0.1, 0.15) is 52.3 Å². The van der Waals surface area contributed by atoms with Gasteiger partial charge in [-0.3, -0.25) is 4.90 Å². The van der Waals surface area contributed by atoms with Crippen LogP contribution in [0.2, 0.25) is 0 Å². The number of aryl methyl sites for hydroxylation is 1. The highest BCUT2D eigenvalue weighted by molar-refractivity contribution is 5.69. The van der Waals surface area contributed by atoms with Crippen molar-refractivity contribution in [2.24, 2.45) is 0 Å². The minimum Gasteiger partial charge on any atom is -0.444 e. The number of nitrogens with zero attached hydrogens (tertiary/aromatic N) is 5. The van der Waals surface area contributed by atoms with E-state index in [1.807, 2.05) is 25.7 Å². The quantitative estimate of drug-likeness (QED) is 0.899. The predicted octanol–water partition coefficient (Wildman–Crippen LogP) is 1.61. The first kappa shape index (κ1) is 17.1. The summed E-state index contributed by atoms with van der Waals surface area (Å²) in [6.45, 7) is 8.68. The highest BCUT2D eigenvalue weighted by Crippen LogP contribution is 2.32. The van der Waals surface area contributed by atoms with Crippen LogP contribution in [-0.4, -0.2) is 73.8 Å². The standard InChI is InChI=1S/C16H28N6O2/c1-16(2,3)24-15(23)22-11-8-12-13(22)6-4-9-21(12)10-5-7-14-17-19-20-18-14/h12-13H,4-11H2,1-3H3,(H,17,18,19,20)/t12-,13-/m1/s1. The Labute approximate surface area is 142 Å². The van der Waals surface area contributed by atoms with Gasteiger partial charge in [-0.2, -0.15) is 5.21 Å². The number of H-pyrrole nitrogens is 1. The third-order valence-corrected chi connectivity index (χ3v) is 4.79. The summed E-state index contributed by atoms with van der Waals surface area (Å²) >= 11 is 0. The summed E-state index contributed by atoms with van der Waals surface area (Å²) in [6, 6.07) is 0.746. The maximum atomic E-state index is 12.5. The lowest BCUT2D eigenvalue weighted by atomic mass is 9.96. The number of carbonyl (C=O) groups is 1. The van der Waals surface area contributed by atoms with Crippen LogP contribution in [0.4, 0.5) is 4.79 Å². The molecule has 1 amide bonds. The number of hydrogen-bond acceptors (Lipinski definition) is 6. The summed E-state index contributed by atoms with van der Waals surface area (Å²) in [5.41, 5.74) is -0.436. The van der Waals surface area contributed by atoms with Crippen molar-refractivity contribution in [3.05, 3.63) is 5.82 Å². The van der Waals surface area contributed by atoms with E-state index in [0.29, 0.717) is 12.1 Å². The van der Waals surface area contributed by atoms with Gasteiger partial charge in [0.15, 0.2) is 5.82 Å². The fourth-order valence-electron chi connectivity index (χ4n) is 3.83. The van der Waals surface area contributed by atoms with Crippen LogP contribution in [0.15, 0.2) is 0 Å². The van der Waals surface area contributed by atoms with E-state index >= 15 is 0 Å². The molecule has 0 saturated carbocycles. The van der Waals surface area contributed by atoms with Gasteiger partial charge in [0.2, 0.25) is 0 Å². The zero-order chi connectivity index (χ0) is 17.2. The van der Waals surface area contributed by atoms with Crippen molar-refractivity contribution >= 4 is 6.09 Å². The second-order valence-corrected chi connectivity index (χ2v) is 7.71. The molecule has 1 aromatic heterocycles. The number of hydrogen-bond donors (Lipinski definition) is 1. The Bertz CT molecular complexity index is 541. The average molecular weight is 336 g/mol. The van der Waals surface area contributed by atoms with Crippen molar-refractivity contribution in [1.82, 2.24) is 30.4 Å². The summed E-state index contributed by atoms with van der Waals surface area (Å²) in [6.07, 6.45) is 4.92. The number of nitrogens with one attached hydrogen (secondary N) is 1. The first-order valence-corrected chi connectivity index (χ1v) is 8.90. The summed E-state index contributed by atoms with van der Waals surface area (Å²) in [7, 11) is 0. The second-order valence-electron chi connectivity index (χ2n) is 7.71. The number of ether oxygens (including phenoxy) is 1. The minimum absolute atomic E-state index is 0.163. The fraction of sp³-hybridized carbons (Fsp3) is 0.875. The van der Waals surface area contributed by atoms with Gasteiger partial charge in [-0.1, -0.05) is 5.21 Å². The largest absolute Gasteiger partial charge is 0.444 e. The van der Waals surface area contributed by atoms with Crippen LogP contribution in [0, 0.1) is 0 Å². The first-order chi connectivity index (χ1) is 11.4. The van der Waals surface area contributed by atoms with Crippen molar-refractivity contribution in [3.8, 4) is 0 Å². The molecule has 134 valence electrons. The first-order valence-electron chi connectivity index (χ1n) is 8.90. The molecule has 2 aliphatic heterocycles. The summed E-state index contributed by atoms with van der Waals surface area (Å²) in [5.74, 6) is 0.769. The molecule has 2 atom stereocenters. The lowest BCUT2D eigenvalue weighted by Crippen LogP contribution is -2.51. The fourth-order valence-corrected chi connectivity index (χ4v) is 3.83. The molecule has 8 heteroatoms. The molecule has 0 aliphatic carbocycles. The van der Waals surface area contributed by atoms with Gasteiger partial charge in [0.1, 0.15) is 5.60 Å². The summed E-state index contributed by atoms with van der Waals surface area (Å²) < 4.78 is 5.58. The molecule has 0 radical (unpaired) electrons. The number of rotatable bonds is 4. The molecule has 0 spiro atoms. The Morgan fingerprint density at radius 1 is 1.29 bits per heavy atom. The van der Waals surface area contributed by atoms with Crippen molar-refractivity contribution in [3.63, 3.8) is 0 Å². The molecule has 2 aliphatic rings. The highest BCUT2D eigenvalue weighted by atomic mass is 16.6. The predicted molar refractivity (Wildman–Crippen MR) is 88.4 cm³/mol. The summed E-state index contributed by atoms with van der Waals surface area (Å²) in [5, 5.41) is 14.1. The highest BCUT2D eigenvalue weighted by Gasteiger charge is 2.43. The van der Waals surface area contributed by atoms with Crippen molar-refractivity contribution in [2.45, 2.75) is 70.6 Å². The third-order valence-electron chi connectivity index (χ3n) is 4.79. The van der Waals surface area contributed by atoms with Crippen LogP contribution in [-0.2, 0) is 11.2 Å². The van der Waals surface area contributed by atoms with Crippen molar-refractivity contribution in [2.75, 3.05) is 19.6 Å². The van der Waals surface area contributed by atoms with Gasteiger partial charge < -0.3 is 9.64 Å². The minimum atomic E-state index is -0.436. The Hall–Kier alpha value is -1.70. The van der Waals surface area contributed by atoms with Gasteiger partial charge in [-0.15, -0.1) is 10.2 Å². The zero-order valence-electron chi connectivity index (χ0n) is 14.9. The molecule has 2 saturated heterocycles. The van der Waals surface area contributed by atoms with Gasteiger partial charge >= 0.3 is 6.09 Å². The number of tetrazole rings is 1. The molecule has 1 aromatic rings. The SMILES string of the molecule is CC(C)(C)OC(=O)N1CC[C@@H]2[C@H]1CCCN2CCCc1nn[nH]n1. The van der Waals surface area contributed by atoms with Gasteiger partial charge in [0.05, 0.1) is 6.04 Å². The zero-order valence-corrected chi connectivity index (χ0v) is 14.9. The van der Waals surface area contributed by atoms with Gasteiger partial charge in [-0.05, 0) is 59.5 Å². The Balaban J connectivity index is 1.53. The molecule has 0 unspecified atom stereocenters. The lowest BCUT2D eigenvalue weighted by Gasteiger charge is -2.40. The number of likely N-dealkylation sites (tertiary alicyclic amines) is 2. The Morgan fingerprint density at radius 2 is 2.12 bits per heavy atom. The normalized spacial score (nSPS) is 24.9. The van der Waals surface area contributed by atoms with Crippen LogP contribution in [0.3, 0.4) is 0 Å². The summed E-state index contributed by atoms with van der Waals surface area (Å²) in [4.78, 5) is 16.9. The monoisotopic (exact) mass is 336 g/mol. The van der Waals surface area contributed by atoms with Crippen LogP contribution in [0.25, 0.3) is 0 Å². The van der Waals surface area contributed by atoms with Crippen LogP contribution >= 0.6 is 0 Å². The molecule has 0 aromatic carbocycles. The molecule has 1 N–H and O–H groups in total. The molecule has 24 heavy (non-hydrogen) atoms. The van der Waals surface area contributed by atoms with Crippen molar-refractivity contribution < 1.29 is 9.53 Å². The number of fused-ring (bicyclic) bond motifs is 1. The molecule has 3 heterocycles. The maximum Gasteiger partial charge on any atom is 0.410 e. The number of aromatic amines is 1. The number of piperidine rings is 1. The van der Waals surface area contributed by atoms with E-state index in [4.69, 9.17) is 4.74 Å². The van der Waals surface area contributed by atoms with Gasteiger partial charge in [0.25, 0.3) is 0 Å². The molecule has 8 nitrogen and oxygen atoms in total. The topological polar surface area (TPSA) is 87.2 Å². The average Bonchev–Trinajstić information content (AvgIpc) is 3.14. The van der Waals surface area contributed by atoms with E-state index in [1.165, 1.54) is 0 Å². The van der Waals surface area contributed by atoms with Crippen molar-refractivity contribution in [1.29, 1.82) is 0 Å². The molecule has 3 rings (SSSR count). The molecular formula is C16H28N6O2. The van der Waals surface area contributed by atoms with Crippen LogP contribution in [0.5, 0.6) is 0 Å². The molecule has 2 fully saturated rings. The van der Waals surface area contributed by atoms with E-state index in [-0.39, 0.29) is 6.09 Å².